The van der Waals surface area contributed by atoms with Crippen LogP contribution in [0.5, 0.6) is 0 Å². The highest BCUT2D eigenvalue weighted by Crippen LogP contribution is 2.28. The van der Waals surface area contributed by atoms with Gasteiger partial charge in [0.25, 0.3) is 0 Å². The smallest absolute Gasteiger partial charge is 0.312 e. The second-order valence-electron chi connectivity index (χ2n) is 5.43. The third-order valence-corrected chi connectivity index (χ3v) is 3.81. The highest BCUT2D eigenvalue weighted by Gasteiger charge is 2.34. The van der Waals surface area contributed by atoms with Crippen LogP contribution >= 0.6 is 0 Å². The molecule has 0 N–H and O–H groups in total. The molecule has 1 saturated carbocycles. The summed E-state index contributed by atoms with van der Waals surface area (Å²) in [4.78, 5) is 27.9. The standard InChI is InChI=1S/C16H21NO4/c1-11-7-8-12(10-17-11)9-15(18)21-14-6-4-3-5-13(14)16(19)20-2/h7-8,10,13-14H,3-6,9H2,1-2H3/t13-,14+/m0/s1. The van der Waals surface area contributed by atoms with Crippen molar-refractivity contribution in [1.29, 1.82) is 0 Å². The van der Waals surface area contributed by atoms with Crippen LogP contribution in [-0.4, -0.2) is 30.1 Å². The molecule has 0 aliphatic heterocycles. The summed E-state index contributed by atoms with van der Waals surface area (Å²) in [5.41, 5.74) is 1.72. The van der Waals surface area contributed by atoms with E-state index < -0.39 is 0 Å². The first-order valence-electron chi connectivity index (χ1n) is 7.29. The van der Waals surface area contributed by atoms with Gasteiger partial charge in [-0.15, -0.1) is 0 Å². The highest BCUT2D eigenvalue weighted by molar-refractivity contribution is 5.75. The molecule has 5 heteroatoms. The molecule has 0 saturated heterocycles. The number of rotatable bonds is 4. The number of esters is 2. The molecule has 1 aliphatic carbocycles. The third-order valence-electron chi connectivity index (χ3n) is 3.81. The minimum absolute atomic E-state index is 0.178. The Morgan fingerprint density at radius 2 is 2.05 bits per heavy atom. The van der Waals surface area contributed by atoms with Gasteiger partial charge < -0.3 is 9.47 Å². The van der Waals surface area contributed by atoms with Gasteiger partial charge in [-0.05, 0) is 37.8 Å². The minimum Gasteiger partial charge on any atom is -0.469 e. The number of hydrogen-bond acceptors (Lipinski definition) is 5. The summed E-state index contributed by atoms with van der Waals surface area (Å²) < 4.78 is 10.3. The van der Waals surface area contributed by atoms with Crippen LogP contribution in [0.1, 0.15) is 36.9 Å². The van der Waals surface area contributed by atoms with Crippen molar-refractivity contribution in [3.05, 3.63) is 29.6 Å². The average Bonchev–Trinajstić information content (AvgIpc) is 2.49. The number of ether oxygens (including phenoxy) is 2. The number of nitrogens with zero attached hydrogens (tertiary/aromatic N) is 1. The summed E-state index contributed by atoms with van der Waals surface area (Å²) in [6, 6.07) is 3.72. The summed E-state index contributed by atoms with van der Waals surface area (Å²) in [6.45, 7) is 1.89. The molecule has 1 aliphatic rings. The molecule has 21 heavy (non-hydrogen) atoms. The third kappa shape index (κ3) is 4.28. The first-order chi connectivity index (χ1) is 10.1. The lowest BCUT2D eigenvalue weighted by Gasteiger charge is -2.29. The SMILES string of the molecule is COC(=O)[C@H]1CCCC[C@H]1OC(=O)Cc1ccc(C)nc1. The lowest BCUT2D eigenvalue weighted by molar-refractivity contribution is -0.162. The first kappa shape index (κ1) is 15.5. The van der Waals surface area contributed by atoms with E-state index in [1.54, 1.807) is 6.20 Å². The molecule has 1 aromatic rings. The van der Waals surface area contributed by atoms with Crippen molar-refractivity contribution < 1.29 is 19.1 Å². The molecule has 2 rings (SSSR count). The summed E-state index contributed by atoms with van der Waals surface area (Å²) in [7, 11) is 1.37. The van der Waals surface area contributed by atoms with Crippen LogP contribution in [0.25, 0.3) is 0 Å². The Balaban J connectivity index is 1.93. The number of hydrogen-bond donors (Lipinski definition) is 0. The molecular weight excluding hydrogens is 270 g/mol. The van der Waals surface area contributed by atoms with Crippen LogP contribution in [0.2, 0.25) is 0 Å². The second-order valence-corrected chi connectivity index (χ2v) is 5.43. The Labute approximate surface area is 124 Å². The van der Waals surface area contributed by atoms with E-state index in [1.807, 2.05) is 19.1 Å². The topological polar surface area (TPSA) is 65.5 Å². The number of methoxy groups -OCH3 is 1. The van der Waals surface area contributed by atoms with Crippen molar-refractivity contribution in [2.75, 3.05) is 7.11 Å². The summed E-state index contributed by atoms with van der Waals surface area (Å²) in [5.74, 6) is -0.935. The molecule has 0 spiro atoms. The molecule has 0 unspecified atom stereocenters. The Morgan fingerprint density at radius 1 is 1.29 bits per heavy atom. The van der Waals surface area contributed by atoms with Crippen LogP contribution < -0.4 is 0 Å². The molecule has 2 atom stereocenters. The van der Waals surface area contributed by atoms with Crippen LogP contribution in [0, 0.1) is 12.8 Å². The van der Waals surface area contributed by atoms with E-state index in [-0.39, 0.29) is 30.4 Å². The number of carbonyl (C=O) groups is 2. The van der Waals surface area contributed by atoms with Gasteiger partial charge in [-0.1, -0.05) is 12.5 Å². The van der Waals surface area contributed by atoms with E-state index in [0.717, 1.165) is 36.9 Å². The van der Waals surface area contributed by atoms with Gasteiger partial charge in [-0.25, -0.2) is 0 Å². The Bertz CT molecular complexity index is 498. The maximum Gasteiger partial charge on any atom is 0.312 e. The number of aryl methyl sites for hydroxylation is 1. The molecular formula is C16H21NO4. The van der Waals surface area contributed by atoms with E-state index in [2.05, 4.69) is 4.98 Å². The van der Waals surface area contributed by atoms with E-state index in [4.69, 9.17) is 9.47 Å². The Hall–Kier alpha value is -1.91. The Kier molecular flexibility index (Phi) is 5.31. The van der Waals surface area contributed by atoms with E-state index >= 15 is 0 Å². The maximum absolute atomic E-state index is 12.0. The van der Waals surface area contributed by atoms with Crippen LogP contribution in [-0.2, 0) is 25.5 Å². The number of pyridine rings is 1. The van der Waals surface area contributed by atoms with Crippen molar-refractivity contribution in [3.63, 3.8) is 0 Å². The molecule has 0 amide bonds. The van der Waals surface area contributed by atoms with Gasteiger partial charge in [0.1, 0.15) is 6.10 Å². The summed E-state index contributed by atoms with van der Waals surface area (Å²) in [5, 5.41) is 0. The zero-order chi connectivity index (χ0) is 15.2. The molecule has 1 fully saturated rings. The lowest BCUT2D eigenvalue weighted by Crippen LogP contribution is -2.36. The molecule has 1 heterocycles. The van der Waals surface area contributed by atoms with Gasteiger partial charge in [0.05, 0.1) is 19.4 Å². The minimum atomic E-state index is -0.364. The molecule has 0 radical (unpaired) electrons. The lowest BCUT2D eigenvalue weighted by atomic mass is 9.86. The van der Waals surface area contributed by atoms with Gasteiger partial charge in [-0.2, -0.15) is 0 Å². The molecule has 0 bridgehead atoms. The zero-order valence-corrected chi connectivity index (χ0v) is 12.5. The molecule has 1 aromatic heterocycles. The number of aromatic nitrogens is 1. The summed E-state index contributed by atoms with van der Waals surface area (Å²) >= 11 is 0. The molecule has 5 nitrogen and oxygen atoms in total. The van der Waals surface area contributed by atoms with Crippen molar-refractivity contribution in [3.8, 4) is 0 Å². The van der Waals surface area contributed by atoms with E-state index in [1.165, 1.54) is 7.11 Å². The molecule has 0 aromatic carbocycles. The van der Waals surface area contributed by atoms with Crippen molar-refractivity contribution in [2.24, 2.45) is 5.92 Å². The average molecular weight is 291 g/mol. The van der Waals surface area contributed by atoms with Crippen LogP contribution in [0.3, 0.4) is 0 Å². The van der Waals surface area contributed by atoms with Crippen LogP contribution in [0.15, 0.2) is 18.3 Å². The van der Waals surface area contributed by atoms with Crippen molar-refractivity contribution in [2.45, 2.75) is 45.1 Å². The predicted octanol–water partition coefficient (Wildman–Crippen LogP) is 2.21. The largest absolute Gasteiger partial charge is 0.469 e. The second kappa shape index (κ2) is 7.20. The Morgan fingerprint density at radius 3 is 2.71 bits per heavy atom. The van der Waals surface area contributed by atoms with Gasteiger partial charge in [0.2, 0.25) is 0 Å². The summed E-state index contributed by atoms with van der Waals surface area (Å²) in [6.07, 6.45) is 4.87. The van der Waals surface area contributed by atoms with Crippen LogP contribution in [0.4, 0.5) is 0 Å². The van der Waals surface area contributed by atoms with E-state index in [9.17, 15) is 9.59 Å². The number of carbonyl (C=O) groups excluding carboxylic acids is 2. The predicted molar refractivity (Wildman–Crippen MR) is 76.5 cm³/mol. The van der Waals surface area contributed by atoms with E-state index in [0.29, 0.717) is 0 Å². The zero-order valence-electron chi connectivity index (χ0n) is 12.5. The van der Waals surface area contributed by atoms with Gasteiger partial charge in [-0.3, -0.25) is 14.6 Å². The van der Waals surface area contributed by atoms with Crippen molar-refractivity contribution >= 4 is 11.9 Å². The van der Waals surface area contributed by atoms with Crippen molar-refractivity contribution in [1.82, 2.24) is 4.98 Å². The quantitative estimate of drug-likeness (QED) is 0.796. The monoisotopic (exact) mass is 291 g/mol. The first-order valence-corrected chi connectivity index (χ1v) is 7.29. The van der Waals surface area contributed by atoms with Gasteiger partial charge in [0, 0.05) is 11.9 Å². The fourth-order valence-corrected chi connectivity index (χ4v) is 2.64. The van der Waals surface area contributed by atoms with Gasteiger partial charge in [0.15, 0.2) is 0 Å². The highest BCUT2D eigenvalue weighted by atomic mass is 16.6. The normalized spacial score (nSPS) is 21.6. The fraction of sp³-hybridized carbons (Fsp3) is 0.562. The molecule has 114 valence electrons. The van der Waals surface area contributed by atoms with Gasteiger partial charge >= 0.3 is 11.9 Å². The maximum atomic E-state index is 12.0. The fourth-order valence-electron chi connectivity index (χ4n) is 2.64.